The van der Waals surface area contributed by atoms with Crippen LogP contribution in [0.2, 0.25) is 0 Å². The van der Waals surface area contributed by atoms with Crippen molar-refractivity contribution in [2.45, 2.75) is 40.0 Å². The zero-order chi connectivity index (χ0) is 8.69. The average Bonchev–Trinajstić information content (AvgIpc) is 1.86. The predicted octanol–water partition coefficient (Wildman–Crippen LogP) is 2.96. The predicted molar refractivity (Wildman–Crippen MR) is 48.5 cm³/mol. The van der Waals surface area contributed by atoms with Gasteiger partial charge in [-0.3, -0.25) is 0 Å². The third-order valence-corrected chi connectivity index (χ3v) is 1.53. The van der Waals surface area contributed by atoms with E-state index in [9.17, 15) is 4.79 Å². The van der Waals surface area contributed by atoms with Crippen molar-refractivity contribution < 1.29 is 4.79 Å². The molecule has 0 aliphatic heterocycles. The van der Waals surface area contributed by atoms with Crippen LogP contribution >= 0.6 is 0 Å². The van der Waals surface area contributed by atoms with Crippen LogP contribution < -0.4 is 0 Å². The van der Waals surface area contributed by atoms with Crippen LogP contribution in [0.3, 0.4) is 0 Å². The first-order valence-corrected chi connectivity index (χ1v) is 4.33. The van der Waals surface area contributed by atoms with Gasteiger partial charge in [-0.25, -0.2) is 0 Å². The van der Waals surface area contributed by atoms with Gasteiger partial charge in [-0.1, -0.05) is 32.4 Å². The molecule has 0 saturated carbocycles. The summed E-state index contributed by atoms with van der Waals surface area (Å²) >= 11 is 0. The molecule has 0 saturated heterocycles. The van der Waals surface area contributed by atoms with Gasteiger partial charge in [-0.05, 0) is 19.3 Å². The van der Waals surface area contributed by atoms with E-state index in [-0.39, 0.29) is 5.78 Å². The lowest BCUT2D eigenvalue weighted by atomic mass is 10.0. The second-order valence-corrected chi connectivity index (χ2v) is 3.10. The molecule has 0 aromatic heterocycles. The van der Waals surface area contributed by atoms with Crippen molar-refractivity contribution in [1.29, 1.82) is 0 Å². The molecule has 1 unspecified atom stereocenters. The van der Waals surface area contributed by atoms with Gasteiger partial charge in [0.05, 0.1) is 0 Å². The highest BCUT2D eigenvalue weighted by atomic mass is 16.1. The maximum Gasteiger partial charge on any atom is 0.130 e. The second-order valence-electron chi connectivity index (χ2n) is 3.10. The zero-order valence-corrected chi connectivity index (χ0v) is 7.76. The molecule has 0 bridgehead atoms. The van der Waals surface area contributed by atoms with Crippen molar-refractivity contribution in [2.75, 3.05) is 0 Å². The van der Waals surface area contributed by atoms with E-state index >= 15 is 0 Å². The third kappa shape index (κ3) is 7.31. The lowest BCUT2D eigenvalue weighted by Gasteiger charge is -2.00. The third-order valence-electron chi connectivity index (χ3n) is 1.53. The summed E-state index contributed by atoms with van der Waals surface area (Å²) < 4.78 is 0. The Bertz CT molecular complexity index is 136. The van der Waals surface area contributed by atoms with E-state index in [1.807, 2.05) is 0 Å². The highest BCUT2D eigenvalue weighted by Gasteiger charge is 1.99. The Labute approximate surface area is 69.5 Å². The highest BCUT2D eigenvalue weighted by Crippen LogP contribution is 2.05. The van der Waals surface area contributed by atoms with Gasteiger partial charge in [0, 0.05) is 6.42 Å². The summed E-state index contributed by atoms with van der Waals surface area (Å²) in [6.07, 6.45) is 7.28. The first-order valence-electron chi connectivity index (χ1n) is 4.33. The van der Waals surface area contributed by atoms with Crippen molar-refractivity contribution in [1.82, 2.24) is 0 Å². The summed E-state index contributed by atoms with van der Waals surface area (Å²) in [5, 5.41) is 0. The van der Waals surface area contributed by atoms with Crippen LogP contribution in [-0.2, 0) is 4.79 Å². The maximum atomic E-state index is 10.7. The molecule has 1 atom stereocenters. The van der Waals surface area contributed by atoms with Crippen LogP contribution in [0.25, 0.3) is 0 Å². The van der Waals surface area contributed by atoms with Gasteiger partial charge in [0.25, 0.3) is 0 Å². The Hall–Kier alpha value is -0.590. The number of carbonyl (C=O) groups is 1. The van der Waals surface area contributed by atoms with Crippen molar-refractivity contribution >= 4 is 5.78 Å². The summed E-state index contributed by atoms with van der Waals surface area (Å²) in [5.41, 5.74) is 0. The molecule has 1 nitrogen and oxygen atoms in total. The van der Waals surface area contributed by atoms with Crippen molar-refractivity contribution in [3.05, 3.63) is 12.2 Å². The van der Waals surface area contributed by atoms with E-state index in [1.165, 1.54) is 6.42 Å². The monoisotopic (exact) mass is 154 g/mol. The number of hydrogen-bond acceptors (Lipinski definition) is 1. The van der Waals surface area contributed by atoms with E-state index in [1.54, 1.807) is 6.92 Å². The molecule has 64 valence electrons. The molecule has 0 fully saturated rings. The van der Waals surface area contributed by atoms with Gasteiger partial charge in [0.2, 0.25) is 0 Å². The number of rotatable bonds is 5. The molecular weight excluding hydrogens is 136 g/mol. The minimum Gasteiger partial charge on any atom is -0.300 e. The summed E-state index contributed by atoms with van der Waals surface area (Å²) in [6, 6.07) is 0. The number of Topliss-reactive ketones (excluding diaryl/α,β-unsaturated/α-hetero) is 1. The van der Waals surface area contributed by atoms with Gasteiger partial charge in [-0.2, -0.15) is 0 Å². The largest absolute Gasteiger partial charge is 0.300 e. The number of unbranched alkanes of at least 4 members (excludes halogenated alkanes) is 1. The van der Waals surface area contributed by atoms with Gasteiger partial charge in [-0.15, -0.1) is 0 Å². The molecule has 0 radical (unpaired) electrons. The lowest BCUT2D eigenvalue weighted by Crippen LogP contribution is -1.97. The first kappa shape index (κ1) is 10.4. The first-order chi connectivity index (χ1) is 5.16. The Morgan fingerprint density at radius 1 is 1.55 bits per heavy atom. The highest BCUT2D eigenvalue weighted by molar-refractivity contribution is 5.75. The molecule has 11 heavy (non-hydrogen) atoms. The Balaban J connectivity index is 3.50. The summed E-state index contributed by atoms with van der Waals surface area (Å²) in [7, 11) is 0. The lowest BCUT2D eigenvalue weighted by molar-refractivity contribution is -0.117. The van der Waals surface area contributed by atoms with Crippen LogP contribution in [0.1, 0.15) is 40.0 Å². The molecular formula is C10H18O. The van der Waals surface area contributed by atoms with Crippen molar-refractivity contribution in [2.24, 2.45) is 5.92 Å². The number of hydrogen-bond donors (Lipinski definition) is 0. The SMILES string of the molecule is CCCC=CC(C)CC(C)=O. The summed E-state index contributed by atoms with van der Waals surface area (Å²) in [4.78, 5) is 10.7. The fourth-order valence-corrected chi connectivity index (χ4v) is 1.02. The normalized spacial score (nSPS) is 13.7. The summed E-state index contributed by atoms with van der Waals surface area (Å²) in [6.45, 7) is 5.87. The fraction of sp³-hybridized carbons (Fsp3) is 0.700. The molecule has 0 aliphatic carbocycles. The van der Waals surface area contributed by atoms with Crippen LogP contribution in [-0.4, -0.2) is 5.78 Å². The molecule has 0 rings (SSSR count). The van der Waals surface area contributed by atoms with E-state index in [0.29, 0.717) is 12.3 Å². The molecule has 0 N–H and O–H groups in total. The molecule has 0 aliphatic rings. The van der Waals surface area contributed by atoms with E-state index in [4.69, 9.17) is 0 Å². The summed E-state index contributed by atoms with van der Waals surface area (Å²) in [5.74, 6) is 0.692. The van der Waals surface area contributed by atoms with Crippen molar-refractivity contribution in [3.8, 4) is 0 Å². The fourth-order valence-electron chi connectivity index (χ4n) is 1.02. The van der Waals surface area contributed by atoms with Crippen LogP contribution in [0.15, 0.2) is 12.2 Å². The van der Waals surface area contributed by atoms with Gasteiger partial charge in [0.15, 0.2) is 0 Å². The van der Waals surface area contributed by atoms with Crippen molar-refractivity contribution in [3.63, 3.8) is 0 Å². The molecule has 0 heterocycles. The molecule has 1 heteroatoms. The number of allylic oxidation sites excluding steroid dienone is 2. The van der Waals surface area contributed by atoms with E-state index < -0.39 is 0 Å². The van der Waals surface area contributed by atoms with Gasteiger partial charge >= 0.3 is 0 Å². The standard InChI is InChI=1S/C10H18O/c1-4-5-6-7-9(2)8-10(3)11/h6-7,9H,4-5,8H2,1-3H3. The second kappa shape index (κ2) is 6.14. The van der Waals surface area contributed by atoms with Gasteiger partial charge < -0.3 is 4.79 Å². The van der Waals surface area contributed by atoms with E-state index in [2.05, 4.69) is 26.0 Å². The smallest absolute Gasteiger partial charge is 0.130 e. The van der Waals surface area contributed by atoms with E-state index in [0.717, 1.165) is 6.42 Å². The Kier molecular flexibility index (Phi) is 5.81. The van der Waals surface area contributed by atoms with Crippen LogP contribution in [0, 0.1) is 5.92 Å². The average molecular weight is 154 g/mol. The minimum absolute atomic E-state index is 0.277. The molecule has 0 amide bonds. The van der Waals surface area contributed by atoms with Crippen LogP contribution in [0.4, 0.5) is 0 Å². The Morgan fingerprint density at radius 2 is 2.18 bits per heavy atom. The number of carbonyl (C=O) groups excluding carboxylic acids is 1. The quantitative estimate of drug-likeness (QED) is 0.556. The van der Waals surface area contributed by atoms with Gasteiger partial charge in [0.1, 0.15) is 5.78 Å². The molecule has 0 spiro atoms. The minimum atomic E-state index is 0.277. The number of ketones is 1. The zero-order valence-electron chi connectivity index (χ0n) is 7.76. The van der Waals surface area contributed by atoms with Crippen LogP contribution in [0.5, 0.6) is 0 Å². The Morgan fingerprint density at radius 3 is 2.64 bits per heavy atom. The molecule has 0 aromatic rings. The topological polar surface area (TPSA) is 17.1 Å². The maximum absolute atomic E-state index is 10.7. The molecule has 0 aromatic carbocycles.